The van der Waals surface area contributed by atoms with Gasteiger partial charge in [-0.2, -0.15) is 0 Å². The van der Waals surface area contributed by atoms with Gasteiger partial charge in [0.2, 0.25) is 0 Å². The lowest BCUT2D eigenvalue weighted by atomic mass is 10.1. The first-order valence-electron chi connectivity index (χ1n) is 7.88. The molecule has 1 aromatic heterocycles. The van der Waals surface area contributed by atoms with E-state index in [2.05, 4.69) is 17.2 Å². The zero-order chi connectivity index (χ0) is 18.4. The summed E-state index contributed by atoms with van der Waals surface area (Å²) in [6.45, 7) is 0.342. The van der Waals surface area contributed by atoms with Crippen LogP contribution in [0.2, 0.25) is 0 Å². The van der Waals surface area contributed by atoms with Crippen LogP contribution in [0.1, 0.15) is 27.2 Å². The van der Waals surface area contributed by atoms with Crippen molar-refractivity contribution in [2.45, 2.75) is 6.54 Å². The monoisotopic (exact) mass is 361 g/mol. The molecule has 0 saturated heterocycles. The Balaban J connectivity index is 1.61. The minimum atomic E-state index is -0.399. The van der Waals surface area contributed by atoms with Gasteiger partial charge < -0.3 is 14.8 Å². The fourth-order valence-corrected chi connectivity index (χ4v) is 2.32. The summed E-state index contributed by atoms with van der Waals surface area (Å²) in [5.41, 5.74) is 2.79. The largest absolute Gasteiger partial charge is 0.504 e. The summed E-state index contributed by atoms with van der Waals surface area (Å²) < 4.78 is 5.20. The van der Waals surface area contributed by atoms with Crippen molar-refractivity contribution >= 4 is 18.1 Å². The van der Waals surface area contributed by atoms with E-state index in [1.54, 1.807) is 0 Å². The van der Waals surface area contributed by atoms with Crippen LogP contribution in [-0.4, -0.2) is 11.0 Å². The van der Waals surface area contributed by atoms with Gasteiger partial charge in [0.05, 0.1) is 4.51 Å². The maximum Gasteiger partial charge on any atom is 0.287 e. The van der Waals surface area contributed by atoms with Crippen molar-refractivity contribution in [1.82, 2.24) is 5.32 Å². The van der Waals surface area contributed by atoms with E-state index in [-0.39, 0.29) is 16.0 Å². The first kappa shape index (κ1) is 17.5. The van der Waals surface area contributed by atoms with Crippen molar-refractivity contribution < 1.29 is 14.3 Å². The van der Waals surface area contributed by atoms with Gasteiger partial charge in [-0.3, -0.25) is 4.79 Å². The van der Waals surface area contributed by atoms with Gasteiger partial charge in [-0.15, -0.1) is 0 Å². The van der Waals surface area contributed by atoms with Gasteiger partial charge in [0.15, 0.2) is 11.5 Å². The number of amides is 1. The van der Waals surface area contributed by atoms with E-state index in [0.29, 0.717) is 6.54 Å². The number of rotatable bonds is 3. The molecule has 128 valence electrons. The van der Waals surface area contributed by atoms with Gasteiger partial charge in [-0.25, -0.2) is 0 Å². The van der Waals surface area contributed by atoms with Crippen LogP contribution >= 0.6 is 12.2 Å². The molecule has 0 spiro atoms. The van der Waals surface area contributed by atoms with Crippen molar-refractivity contribution in [2.24, 2.45) is 0 Å². The van der Waals surface area contributed by atoms with Gasteiger partial charge in [0, 0.05) is 23.7 Å². The lowest BCUT2D eigenvalue weighted by molar-refractivity contribution is 0.0920. The van der Waals surface area contributed by atoms with E-state index >= 15 is 0 Å². The molecule has 0 atom stereocenters. The third kappa shape index (κ3) is 4.59. The number of benzene rings is 2. The molecule has 4 nitrogen and oxygen atoms in total. The highest BCUT2D eigenvalue weighted by Crippen LogP contribution is 2.13. The summed E-state index contributed by atoms with van der Waals surface area (Å²) >= 11 is 4.91. The summed E-state index contributed by atoms with van der Waals surface area (Å²) in [7, 11) is 0. The molecule has 5 heteroatoms. The molecule has 0 unspecified atom stereocenters. The molecule has 1 amide bonds. The highest BCUT2D eigenvalue weighted by atomic mass is 32.1. The molecule has 0 aliphatic heterocycles. The maximum absolute atomic E-state index is 12.1. The van der Waals surface area contributed by atoms with E-state index in [9.17, 15) is 9.90 Å². The standard InChI is InChI=1S/C21H15NO3S/c23-18-14-25-19(12-20(18)26)21(24)22-13-17-10-8-16(9-11-17)7-6-15-4-2-1-3-5-15/h1-5,8-12,14,23H,13H2,(H,22,24). The molecular formula is C21H15NO3S. The van der Waals surface area contributed by atoms with Crippen molar-refractivity contribution in [3.8, 4) is 17.6 Å². The van der Waals surface area contributed by atoms with E-state index in [1.165, 1.54) is 6.07 Å². The highest BCUT2D eigenvalue weighted by molar-refractivity contribution is 7.71. The molecule has 2 N–H and O–H groups in total. The summed E-state index contributed by atoms with van der Waals surface area (Å²) in [5.74, 6) is 5.69. The first-order chi connectivity index (χ1) is 12.6. The average molecular weight is 361 g/mol. The predicted octanol–water partition coefficient (Wildman–Crippen LogP) is 4.04. The second-order valence-electron chi connectivity index (χ2n) is 5.49. The topological polar surface area (TPSA) is 62.5 Å². The van der Waals surface area contributed by atoms with Gasteiger partial charge in [0.25, 0.3) is 5.91 Å². The normalized spacial score (nSPS) is 9.85. The summed E-state index contributed by atoms with van der Waals surface area (Å²) in [5, 5.41) is 12.1. The van der Waals surface area contributed by atoms with Gasteiger partial charge in [-0.1, -0.05) is 54.4 Å². The smallest absolute Gasteiger partial charge is 0.287 e. The minimum Gasteiger partial charge on any atom is -0.504 e. The van der Waals surface area contributed by atoms with Crippen molar-refractivity contribution in [3.63, 3.8) is 0 Å². The number of hydrogen-bond acceptors (Lipinski definition) is 4. The zero-order valence-electron chi connectivity index (χ0n) is 13.7. The number of carbonyl (C=O) groups excluding carboxylic acids is 1. The molecule has 0 aliphatic rings. The summed E-state index contributed by atoms with van der Waals surface area (Å²) in [6, 6.07) is 18.7. The quantitative estimate of drug-likeness (QED) is 0.546. The maximum atomic E-state index is 12.1. The van der Waals surface area contributed by atoms with Crippen LogP contribution in [0.4, 0.5) is 0 Å². The van der Waals surface area contributed by atoms with Crippen LogP contribution in [-0.2, 0) is 6.54 Å². The second-order valence-corrected chi connectivity index (χ2v) is 5.93. The summed E-state index contributed by atoms with van der Waals surface area (Å²) in [6.07, 6.45) is 1.05. The fourth-order valence-electron chi connectivity index (χ4n) is 2.16. The predicted molar refractivity (Wildman–Crippen MR) is 101 cm³/mol. The van der Waals surface area contributed by atoms with Crippen molar-refractivity contribution in [1.29, 1.82) is 0 Å². The van der Waals surface area contributed by atoms with Gasteiger partial charge in [0.1, 0.15) is 6.26 Å². The van der Waals surface area contributed by atoms with Crippen molar-refractivity contribution in [3.05, 3.63) is 93.9 Å². The Morgan fingerprint density at radius 1 is 1.04 bits per heavy atom. The second kappa shape index (κ2) is 8.15. The lowest BCUT2D eigenvalue weighted by Crippen LogP contribution is -2.22. The Morgan fingerprint density at radius 3 is 2.35 bits per heavy atom. The van der Waals surface area contributed by atoms with Crippen LogP contribution in [0.15, 0.2) is 71.3 Å². The fraction of sp³-hybridized carbons (Fsp3) is 0.0476. The van der Waals surface area contributed by atoms with E-state index in [4.69, 9.17) is 16.6 Å². The van der Waals surface area contributed by atoms with E-state index in [1.807, 2.05) is 54.6 Å². The van der Waals surface area contributed by atoms with Crippen LogP contribution in [0.3, 0.4) is 0 Å². The minimum absolute atomic E-state index is 0.0538. The zero-order valence-corrected chi connectivity index (χ0v) is 14.5. The lowest BCUT2D eigenvalue weighted by Gasteiger charge is -2.05. The molecule has 0 aliphatic carbocycles. The molecule has 0 radical (unpaired) electrons. The van der Waals surface area contributed by atoms with Crippen LogP contribution in [0.25, 0.3) is 0 Å². The number of nitrogens with one attached hydrogen (secondary N) is 1. The molecular weight excluding hydrogens is 346 g/mol. The summed E-state index contributed by atoms with van der Waals surface area (Å²) in [4.78, 5) is 12.1. The van der Waals surface area contributed by atoms with Gasteiger partial charge in [-0.05, 0) is 29.8 Å². The molecule has 26 heavy (non-hydrogen) atoms. The molecule has 3 aromatic rings. The van der Waals surface area contributed by atoms with Crippen molar-refractivity contribution in [2.75, 3.05) is 0 Å². The number of aromatic hydroxyl groups is 1. The number of carbonyl (C=O) groups is 1. The Hall–Kier alpha value is -3.36. The molecule has 2 aromatic carbocycles. The van der Waals surface area contributed by atoms with Crippen LogP contribution in [0.5, 0.6) is 5.75 Å². The third-order valence-electron chi connectivity index (χ3n) is 3.57. The van der Waals surface area contributed by atoms with Crippen LogP contribution in [0, 0.1) is 16.4 Å². The average Bonchev–Trinajstić information content (AvgIpc) is 2.68. The molecule has 1 heterocycles. The van der Waals surface area contributed by atoms with Gasteiger partial charge >= 0.3 is 0 Å². The Morgan fingerprint density at radius 2 is 1.69 bits per heavy atom. The highest BCUT2D eigenvalue weighted by Gasteiger charge is 2.09. The third-order valence-corrected chi connectivity index (χ3v) is 3.89. The molecule has 0 saturated carbocycles. The molecule has 3 rings (SSSR count). The SMILES string of the molecule is O=C(NCc1ccc(C#Cc2ccccc2)cc1)c1cc(=S)c(O)co1. The number of hydrogen-bond donors (Lipinski definition) is 2. The molecule has 0 fully saturated rings. The van der Waals surface area contributed by atoms with E-state index in [0.717, 1.165) is 23.0 Å². The van der Waals surface area contributed by atoms with E-state index < -0.39 is 5.91 Å². The first-order valence-corrected chi connectivity index (χ1v) is 8.29. The molecule has 0 bridgehead atoms. The Bertz CT molecular complexity index is 1030. The Kier molecular flexibility index (Phi) is 5.47. The van der Waals surface area contributed by atoms with Crippen LogP contribution < -0.4 is 5.32 Å². The Labute approximate surface area is 156 Å².